The number of aryl methyl sites for hydroxylation is 2. The first-order chi connectivity index (χ1) is 16.0. The molecular weight excluding hydrogens is 420 g/mol. The monoisotopic (exact) mass is 446 g/mol. The Balaban J connectivity index is 1.71. The van der Waals surface area contributed by atoms with Crippen LogP contribution in [-0.4, -0.2) is 27.9 Å². The average Bonchev–Trinajstić information content (AvgIpc) is 3.30. The van der Waals surface area contributed by atoms with Gasteiger partial charge in [-0.05, 0) is 57.2 Å². The molecule has 0 N–H and O–H groups in total. The molecule has 1 fully saturated rings. The number of hydrogen-bond donors (Lipinski definition) is 0. The fourth-order valence-corrected chi connectivity index (χ4v) is 4.94. The van der Waals surface area contributed by atoms with E-state index in [9.17, 15) is 10.0 Å². The van der Waals surface area contributed by atoms with Gasteiger partial charge in [0.2, 0.25) is 0 Å². The SMILES string of the molecule is COC1CCC(n2c(-c3cc[n+]([O-])ccc3=O)nc3cc(-c4c(C)noc4C)ccc32)CC1. The number of nitrogens with zero attached hydrogens (tertiary/aromatic N) is 4. The Hall–Kier alpha value is -3.52. The molecule has 0 amide bonds. The second kappa shape index (κ2) is 8.44. The molecule has 4 aromatic rings. The zero-order valence-corrected chi connectivity index (χ0v) is 18.9. The molecule has 3 heterocycles. The Kier molecular flexibility index (Phi) is 5.46. The van der Waals surface area contributed by atoms with E-state index in [1.165, 1.54) is 18.5 Å². The van der Waals surface area contributed by atoms with E-state index in [0.717, 1.165) is 59.3 Å². The summed E-state index contributed by atoms with van der Waals surface area (Å²) in [6, 6.07) is 9.16. The molecule has 0 aliphatic heterocycles. The van der Waals surface area contributed by atoms with Gasteiger partial charge in [-0.3, -0.25) is 4.79 Å². The Bertz CT molecular complexity index is 1360. The van der Waals surface area contributed by atoms with E-state index in [4.69, 9.17) is 14.2 Å². The first-order valence-corrected chi connectivity index (χ1v) is 11.2. The maximum absolute atomic E-state index is 12.9. The van der Waals surface area contributed by atoms with Crippen LogP contribution in [0.3, 0.4) is 0 Å². The van der Waals surface area contributed by atoms with Crippen molar-refractivity contribution in [2.24, 2.45) is 0 Å². The van der Waals surface area contributed by atoms with Crippen LogP contribution in [0, 0.1) is 19.1 Å². The van der Waals surface area contributed by atoms with Crippen LogP contribution in [0.4, 0.5) is 0 Å². The first kappa shape index (κ1) is 21.3. The number of imidazole rings is 1. The molecule has 0 saturated heterocycles. The van der Waals surface area contributed by atoms with Crippen molar-refractivity contribution < 1.29 is 14.0 Å². The van der Waals surface area contributed by atoms with Gasteiger partial charge in [-0.25, -0.2) is 4.98 Å². The van der Waals surface area contributed by atoms with E-state index < -0.39 is 0 Å². The second-order valence-electron chi connectivity index (χ2n) is 8.64. The van der Waals surface area contributed by atoms with Gasteiger partial charge in [-0.15, -0.1) is 0 Å². The largest absolute Gasteiger partial charge is 0.619 e. The van der Waals surface area contributed by atoms with Crippen LogP contribution >= 0.6 is 0 Å². The molecular formula is C25H26N4O4. The molecule has 3 aromatic heterocycles. The van der Waals surface area contributed by atoms with Crippen molar-refractivity contribution in [1.29, 1.82) is 0 Å². The molecule has 1 aliphatic carbocycles. The summed E-state index contributed by atoms with van der Waals surface area (Å²) < 4.78 is 13.7. The van der Waals surface area contributed by atoms with Crippen molar-refractivity contribution in [3.8, 4) is 22.5 Å². The Morgan fingerprint density at radius 3 is 2.58 bits per heavy atom. The fraction of sp³-hybridized carbons (Fsp3) is 0.360. The third-order valence-corrected chi connectivity index (χ3v) is 6.62. The van der Waals surface area contributed by atoms with E-state index in [1.54, 1.807) is 13.2 Å². The number of ether oxygens (including phenoxy) is 1. The van der Waals surface area contributed by atoms with Crippen molar-refractivity contribution in [2.45, 2.75) is 51.7 Å². The summed E-state index contributed by atoms with van der Waals surface area (Å²) in [5.74, 6) is 1.34. The Morgan fingerprint density at radius 1 is 1.12 bits per heavy atom. The van der Waals surface area contributed by atoms with Crippen molar-refractivity contribution in [3.05, 3.63) is 69.6 Å². The summed E-state index contributed by atoms with van der Waals surface area (Å²) >= 11 is 0. The molecule has 0 spiro atoms. The molecule has 1 aliphatic rings. The molecule has 0 unspecified atom stereocenters. The molecule has 0 atom stereocenters. The molecule has 170 valence electrons. The van der Waals surface area contributed by atoms with Gasteiger partial charge in [-0.1, -0.05) is 11.2 Å². The predicted molar refractivity (Wildman–Crippen MR) is 124 cm³/mol. The lowest BCUT2D eigenvalue weighted by atomic mass is 9.92. The zero-order valence-electron chi connectivity index (χ0n) is 18.9. The number of hydrogen-bond acceptors (Lipinski definition) is 6. The van der Waals surface area contributed by atoms with E-state index in [2.05, 4.69) is 15.8 Å². The molecule has 33 heavy (non-hydrogen) atoms. The number of rotatable bonds is 4. The highest BCUT2D eigenvalue weighted by Gasteiger charge is 2.27. The van der Waals surface area contributed by atoms with Gasteiger partial charge in [-0.2, -0.15) is 4.73 Å². The number of methoxy groups -OCH3 is 1. The quantitative estimate of drug-likeness (QED) is 0.346. The lowest BCUT2D eigenvalue weighted by molar-refractivity contribution is -0.604. The van der Waals surface area contributed by atoms with E-state index in [0.29, 0.717) is 16.1 Å². The predicted octanol–water partition coefficient (Wildman–Crippen LogP) is 4.10. The lowest BCUT2D eigenvalue weighted by Gasteiger charge is -2.30. The van der Waals surface area contributed by atoms with Gasteiger partial charge >= 0.3 is 0 Å². The molecule has 1 aromatic carbocycles. The summed E-state index contributed by atoms with van der Waals surface area (Å²) in [6.45, 7) is 3.81. The summed E-state index contributed by atoms with van der Waals surface area (Å²) in [7, 11) is 1.76. The smallest absolute Gasteiger partial charge is 0.195 e. The van der Waals surface area contributed by atoms with Crippen LogP contribution in [0.5, 0.6) is 0 Å². The third kappa shape index (κ3) is 3.80. The van der Waals surface area contributed by atoms with E-state index in [1.807, 2.05) is 26.0 Å². The van der Waals surface area contributed by atoms with Crippen LogP contribution in [0.25, 0.3) is 33.5 Å². The summed E-state index contributed by atoms with van der Waals surface area (Å²) in [5.41, 5.74) is 4.67. The standard InChI is InChI=1S/C25H26N4O4/c1-15-24(16(2)33-27-15)17-4-9-22-21(14-17)26-25(20-10-12-28(31)13-11-23(20)30)29(22)18-5-7-19(32-3)8-6-18/h4,9-14,18-19H,5-8H2,1-3H3. The van der Waals surface area contributed by atoms with Gasteiger partial charge < -0.3 is 19.0 Å². The molecule has 1 saturated carbocycles. The summed E-state index contributed by atoms with van der Waals surface area (Å²) in [4.78, 5) is 17.8. The number of benzene rings is 1. The zero-order chi connectivity index (χ0) is 23.1. The third-order valence-electron chi connectivity index (χ3n) is 6.62. The van der Waals surface area contributed by atoms with Gasteiger partial charge in [0.1, 0.15) is 11.6 Å². The fourth-order valence-electron chi connectivity index (χ4n) is 4.94. The highest BCUT2D eigenvalue weighted by molar-refractivity contribution is 5.86. The highest BCUT2D eigenvalue weighted by atomic mass is 16.5. The number of aromatic nitrogens is 4. The second-order valence-corrected chi connectivity index (χ2v) is 8.64. The summed E-state index contributed by atoms with van der Waals surface area (Å²) in [6.07, 6.45) is 6.58. The molecule has 8 nitrogen and oxygen atoms in total. The van der Waals surface area contributed by atoms with Crippen molar-refractivity contribution in [1.82, 2.24) is 14.7 Å². The van der Waals surface area contributed by atoms with Crippen LogP contribution in [0.2, 0.25) is 0 Å². The van der Waals surface area contributed by atoms with E-state index >= 15 is 0 Å². The van der Waals surface area contributed by atoms with Gasteiger partial charge in [0.25, 0.3) is 0 Å². The van der Waals surface area contributed by atoms with Gasteiger partial charge in [0.15, 0.2) is 17.8 Å². The highest BCUT2D eigenvalue weighted by Crippen LogP contribution is 2.37. The normalized spacial score (nSPS) is 18.6. The van der Waals surface area contributed by atoms with Gasteiger partial charge in [0, 0.05) is 24.8 Å². The molecule has 5 rings (SSSR count). The van der Waals surface area contributed by atoms with Crippen LogP contribution < -0.4 is 10.2 Å². The van der Waals surface area contributed by atoms with Crippen LogP contribution in [0.1, 0.15) is 43.2 Å². The summed E-state index contributed by atoms with van der Waals surface area (Å²) in [5, 5.41) is 15.9. The van der Waals surface area contributed by atoms with Gasteiger partial charge in [0.05, 0.1) is 34.5 Å². The molecule has 8 heteroatoms. The topological polar surface area (TPSA) is 97.1 Å². The Morgan fingerprint density at radius 2 is 1.88 bits per heavy atom. The minimum Gasteiger partial charge on any atom is -0.619 e. The maximum atomic E-state index is 12.9. The average molecular weight is 447 g/mol. The lowest BCUT2D eigenvalue weighted by Crippen LogP contribution is -2.23. The maximum Gasteiger partial charge on any atom is 0.195 e. The Labute approximate surface area is 191 Å². The van der Waals surface area contributed by atoms with Crippen molar-refractivity contribution >= 4 is 11.0 Å². The van der Waals surface area contributed by atoms with E-state index in [-0.39, 0.29) is 17.6 Å². The first-order valence-electron chi connectivity index (χ1n) is 11.2. The minimum atomic E-state index is -0.238. The van der Waals surface area contributed by atoms with Crippen LogP contribution in [-0.2, 0) is 4.74 Å². The van der Waals surface area contributed by atoms with Crippen molar-refractivity contribution in [3.63, 3.8) is 0 Å². The number of fused-ring (bicyclic) bond motifs is 1. The molecule has 0 radical (unpaired) electrons. The van der Waals surface area contributed by atoms with Crippen LogP contribution in [0.15, 0.2) is 52.0 Å². The minimum absolute atomic E-state index is 0.186. The van der Waals surface area contributed by atoms with Crippen molar-refractivity contribution in [2.75, 3.05) is 7.11 Å². The molecule has 0 bridgehead atoms.